The van der Waals surface area contributed by atoms with Gasteiger partial charge in [0.25, 0.3) is 0 Å². The highest BCUT2D eigenvalue weighted by Gasteiger charge is 2.33. The Kier molecular flexibility index (Phi) is 8.63. The van der Waals surface area contributed by atoms with Crippen molar-refractivity contribution in [1.82, 2.24) is 0 Å². The van der Waals surface area contributed by atoms with Gasteiger partial charge >= 0.3 is 23.9 Å². The van der Waals surface area contributed by atoms with Crippen molar-refractivity contribution >= 4 is 115 Å². The van der Waals surface area contributed by atoms with Crippen LogP contribution in [-0.2, 0) is 38.1 Å². The Hall–Kier alpha value is -2.10. The first-order valence-corrected chi connectivity index (χ1v) is 14.7. The zero-order chi connectivity index (χ0) is 26.0. The molecule has 188 valence electrons. The normalized spacial score (nSPS) is 15.4. The Morgan fingerprint density at radius 1 is 0.556 bits per heavy atom. The van der Waals surface area contributed by atoms with Crippen LogP contribution in [0.25, 0.3) is 21.6 Å². The number of methoxy groups -OCH3 is 4. The van der Waals surface area contributed by atoms with E-state index in [0.717, 1.165) is 27.6 Å². The van der Waals surface area contributed by atoms with Crippen LogP contribution < -0.4 is 0 Å². The number of ether oxygens (including phenoxy) is 4. The lowest BCUT2D eigenvalue weighted by Crippen LogP contribution is -2.08. The van der Waals surface area contributed by atoms with Crippen LogP contribution in [0, 0.1) is 0 Å². The van der Waals surface area contributed by atoms with E-state index in [4.69, 9.17) is 18.9 Å². The molecule has 0 radical (unpaired) electrons. The smallest absolute Gasteiger partial charge is 0.346 e. The van der Waals surface area contributed by atoms with E-state index in [9.17, 15) is 19.2 Å². The van der Waals surface area contributed by atoms with Crippen LogP contribution in [0.3, 0.4) is 0 Å². The Labute approximate surface area is 230 Å². The molecular formula is C22H16O8S6. The summed E-state index contributed by atoms with van der Waals surface area (Å²) in [5.41, 5.74) is 0. The summed E-state index contributed by atoms with van der Waals surface area (Å²) in [5.74, 6) is -2.32. The molecule has 0 N–H and O–H groups in total. The molecule has 0 atom stereocenters. The van der Waals surface area contributed by atoms with Crippen LogP contribution in [0.5, 0.6) is 0 Å². The lowest BCUT2D eigenvalue weighted by Gasteiger charge is -2.00. The molecule has 0 saturated heterocycles. The summed E-state index contributed by atoms with van der Waals surface area (Å²) in [4.78, 5) is 51.0. The van der Waals surface area contributed by atoms with Crippen LogP contribution in [0.15, 0.2) is 40.2 Å². The van der Waals surface area contributed by atoms with Crippen molar-refractivity contribution in [3.8, 4) is 0 Å². The third kappa shape index (κ3) is 5.58. The highest BCUT2D eigenvalue weighted by Crippen LogP contribution is 2.52. The average molecular weight is 601 g/mol. The molecule has 4 rings (SSSR count). The first kappa shape index (κ1) is 26.9. The van der Waals surface area contributed by atoms with Gasteiger partial charge in [-0.05, 0) is 24.3 Å². The van der Waals surface area contributed by atoms with E-state index in [1.165, 1.54) is 75.5 Å². The first-order chi connectivity index (χ1) is 17.3. The number of hydrogen-bond acceptors (Lipinski definition) is 14. The van der Waals surface area contributed by atoms with Gasteiger partial charge in [-0.25, -0.2) is 19.2 Å². The van der Waals surface area contributed by atoms with Gasteiger partial charge in [-0.1, -0.05) is 47.0 Å². The highest BCUT2D eigenvalue weighted by molar-refractivity contribution is 8.30. The van der Waals surface area contributed by atoms with Crippen LogP contribution in [0.1, 0.15) is 9.75 Å². The second kappa shape index (κ2) is 11.5. The largest absolute Gasteiger partial charge is 0.465 e. The van der Waals surface area contributed by atoms with Gasteiger partial charge in [0.2, 0.25) is 0 Å². The summed E-state index contributed by atoms with van der Waals surface area (Å²) in [6.07, 6.45) is 3.84. The average Bonchev–Trinajstić information content (AvgIpc) is 3.65. The number of thiophene rings is 2. The van der Waals surface area contributed by atoms with Gasteiger partial charge in [-0.2, -0.15) is 0 Å². The number of thioether (sulfide) groups is 4. The minimum absolute atomic E-state index is 0.214. The van der Waals surface area contributed by atoms with Crippen molar-refractivity contribution in [2.24, 2.45) is 0 Å². The van der Waals surface area contributed by atoms with Gasteiger partial charge in [0.1, 0.15) is 19.6 Å². The minimum Gasteiger partial charge on any atom is -0.465 e. The maximum absolute atomic E-state index is 12.1. The molecule has 2 aliphatic rings. The van der Waals surface area contributed by atoms with Crippen molar-refractivity contribution < 1.29 is 38.1 Å². The van der Waals surface area contributed by atoms with Gasteiger partial charge in [0.15, 0.2) is 0 Å². The molecule has 0 saturated carbocycles. The zero-order valence-corrected chi connectivity index (χ0v) is 23.9. The molecule has 0 amide bonds. The van der Waals surface area contributed by atoms with Gasteiger partial charge in [-0.3, -0.25) is 0 Å². The number of carbonyl (C=O) groups excluding carboxylic acids is 4. The van der Waals surface area contributed by atoms with E-state index >= 15 is 0 Å². The molecule has 0 bridgehead atoms. The summed E-state index contributed by atoms with van der Waals surface area (Å²) in [6, 6.07) is 4.06. The molecule has 0 aliphatic carbocycles. The van der Waals surface area contributed by atoms with E-state index in [1.807, 2.05) is 24.3 Å². The fraction of sp³-hybridized carbons (Fsp3) is 0.182. The molecule has 2 aromatic rings. The first-order valence-electron chi connectivity index (χ1n) is 9.77. The fourth-order valence-electron chi connectivity index (χ4n) is 2.90. The summed E-state index contributed by atoms with van der Waals surface area (Å²) in [5, 5.41) is 0. The number of carbonyl (C=O) groups is 4. The number of rotatable bonds is 6. The Bertz CT molecular complexity index is 1210. The molecular weight excluding hydrogens is 585 g/mol. The predicted molar refractivity (Wildman–Crippen MR) is 148 cm³/mol. The Balaban J connectivity index is 1.52. The van der Waals surface area contributed by atoms with E-state index in [1.54, 1.807) is 22.7 Å². The number of fused-ring (bicyclic) bond motifs is 1. The summed E-state index contributed by atoms with van der Waals surface area (Å²) >= 11 is 7.85. The van der Waals surface area contributed by atoms with Crippen LogP contribution >= 0.6 is 69.7 Å². The second-order valence-electron chi connectivity index (χ2n) is 6.64. The van der Waals surface area contributed by atoms with E-state index in [0.29, 0.717) is 0 Å². The van der Waals surface area contributed by atoms with Crippen LogP contribution in [0.2, 0.25) is 0 Å². The van der Waals surface area contributed by atoms with E-state index < -0.39 is 23.9 Å². The second-order valence-corrected chi connectivity index (χ2v) is 13.6. The van der Waals surface area contributed by atoms with Crippen LogP contribution in [0.4, 0.5) is 0 Å². The summed E-state index contributed by atoms with van der Waals surface area (Å²) < 4.78 is 22.8. The molecule has 36 heavy (non-hydrogen) atoms. The predicted octanol–water partition coefficient (Wildman–Crippen LogP) is 5.63. The van der Waals surface area contributed by atoms with Gasteiger partial charge in [-0.15, -0.1) is 22.7 Å². The van der Waals surface area contributed by atoms with Crippen molar-refractivity contribution in [3.63, 3.8) is 0 Å². The summed E-state index contributed by atoms with van der Waals surface area (Å²) in [7, 11) is 5.07. The number of esters is 4. The van der Waals surface area contributed by atoms with Crippen molar-refractivity contribution in [2.45, 2.75) is 0 Å². The quantitative estimate of drug-likeness (QED) is 0.303. The number of hydrogen-bond donors (Lipinski definition) is 0. The lowest BCUT2D eigenvalue weighted by atomic mass is 10.4. The third-order valence-corrected chi connectivity index (χ3v) is 11.5. The van der Waals surface area contributed by atoms with Crippen molar-refractivity contribution in [2.75, 3.05) is 28.4 Å². The molecule has 14 heteroatoms. The summed E-state index contributed by atoms with van der Waals surface area (Å²) in [6.45, 7) is 0. The molecule has 4 heterocycles. The zero-order valence-electron chi connectivity index (χ0n) is 19.0. The molecule has 0 spiro atoms. The maximum Gasteiger partial charge on any atom is 0.346 e. The molecule has 0 aromatic carbocycles. The van der Waals surface area contributed by atoms with Gasteiger partial charge in [0.05, 0.1) is 36.9 Å². The van der Waals surface area contributed by atoms with Crippen LogP contribution in [-0.4, -0.2) is 52.3 Å². The maximum atomic E-state index is 12.1. The van der Waals surface area contributed by atoms with Gasteiger partial charge in [0, 0.05) is 19.2 Å². The van der Waals surface area contributed by atoms with E-state index in [-0.39, 0.29) is 19.6 Å². The molecule has 8 nitrogen and oxygen atoms in total. The van der Waals surface area contributed by atoms with Gasteiger partial charge < -0.3 is 18.9 Å². The fourth-order valence-corrected chi connectivity index (χ4v) is 10.3. The Morgan fingerprint density at radius 3 is 1.08 bits per heavy atom. The Morgan fingerprint density at radius 2 is 0.833 bits per heavy atom. The topological polar surface area (TPSA) is 105 Å². The van der Waals surface area contributed by atoms with E-state index in [2.05, 4.69) is 0 Å². The third-order valence-electron chi connectivity index (χ3n) is 4.47. The molecule has 2 aromatic heterocycles. The monoisotopic (exact) mass is 600 g/mol. The van der Waals surface area contributed by atoms with Crippen molar-refractivity contribution in [3.05, 3.63) is 50.0 Å². The molecule has 2 aliphatic heterocycles. The lowest BCUT2D eigenvalue weighted by molar-refractivity contribution is -0.138. The standard InChI is InChI=1S/C22H16O8S6/c1-27-19(23)15-16(20(24)28-2)34-13(33-15)7-9-5-11-12(31-9)6-10(32-11)8-14-35-17(21(25)29-3)18(36-14)22(26)30-4/h5-8H,1-4H3. The molecule has 0 unspecified atom stereocenters. The minimum atomic E-state index is -0.580. The molecule has 0 fully saturated rings. The SMILES string of the molecule is COC(=O)C1=C(C(=O)OC)SC(=Cc2cc3sc(C=C4SC(C(=O)OC)=C(C(=O)OC)S4)cc3s2)S1. The highest BCUT2D eigenvalue weighted by atomic mass is 32.2. The van der Waals surface area contributed by atoms with Crippen molar-refractivity contribution in [1.29, 1.82) is 0 Å².